The maximum absolute atomic E-state index is 5.64. The van der Waals surface area contributed by atoms with Crippen LogP contribution in [0.2, 0.25) is 6.82 Å². The third kappa shape index (κ3) is 10.4. The van der Waals surface area contributed by atoms with Crippen LogP contribution in [0.25, 0.3) is 0 Å². The molecule has 0 heterocycles. The van der Waals surface area contributed by atoms with Crippen molar-refractivity contribution in [2.45, 2.75) is 59.2 Å². The predicted molar refractivity (Wildman–Crippen MR) is 103 cm³/mol. The molecule has 22 heavy (non-hydrogen) atoms. The number of rotatable bonds is 11. The highest BCUT2D eigenvalue weighted by Gasteiger charge is 2.10. The smallest absolute Gasteiger partial charge is 0.138 e. The maximum Gasteiger partial charge on any atom is 0.138 e. The van der Waals surface area contributed by atoms with E-state index in [1.165, 1.54) is 25.7 Å². The van der Waals surface area contributed by atoms with Crippen LogP contribution in [0.5, 0.6) is 0 Å². The van der Waals surface area contributed by atoms with Crippen LogP contribution in [-0.2, 0) is 0 Å². The lowest BCUT2D eigenvalue weighted by molar-refractivity contribution is 0.521. The van der Waals surface area contributed by atoms with Gasteiger partial charge in [0.05, 0.1) is 5.84 Å². The Labute approximate surface area is 138 Å². The number of allylic oxidation sites excluding steroid dienone is 4. The van der Waals surface area contributed by atoms with Crippen LogP contribution >= 0.6 is 0 Å². The van der Waals surface area contributed by atoms with Gasteiger partial charge in [-0.2, -0.15) is 0 Å². The lowest BCUT2D eigenvalue weighted by atomic mass is 9.69. The summed E-state index contributed by atoms with van der Waals surface area (Å²) < 4.78 is 0. The molecule has 0 aromatic rings. The largest absolute Gasteiger partial charge is 0.387 e. The number of nitrogens with zero attached hydrogens (tertiary/aromatic N) is 1. The van der Waals surface area contributed by atoms with E-state index in [4.69, 9.17) is 5.73 Å². The minimum Gasteiger partial charge on any atom is -0.387 e. The number of aliphatic imine (C=N–C) groups is 1. The number of hydrogen-bond acceptors (Lipinski definition) is 2. The Kier molecular flexibility index (Phi) is 11.6. The Balaban J connectivity index is 4.60. The van der Waals surface area contributed by atoms with Crippen molar-refractivity contribution in [2.24, 2.45) is 16.6 Å². The molecule has 0 bridgehead atoms. The van der Waals surface area contributed by atoms with Crippen LogP contribution in [0.15, 0.2) is 41.1 Å². The van der Waals surface area contributed by atoms with Gasteiger partial charge in [-0.15, -0.1) is 6.58 Å². The summed E-state index contributed by atoms with van der Waals surface area (Å²) >= 11 is 0. The molecule has 0 aliphatic carbocycles. The molecule has 0 aliphatic heterocycles. The number of amidine groups is 1. The van der Waals surface area contributed by atoms with E-state index in [2.05, 4.69) is 42.8 Å². The second kappa shape index (κ2) is 12.3. The van der Waals surface area contributed by atoms with Crippen molar-refractivity contribution >= 4 is 13.1 Å². The Morgan fingerprint density at radius 2 is 2.05 bits per heavy atom. The van der Waals surface area contributed by atoms with Crippen molar-refractivity contribution in [3.05, 3.63) is 36.1 Å². The van der Waals surface area contributed by atoms with Gasteiger partial charge in [0, 0.05) is 12.1 Å². The standard InChI is InChI=1S/C18H34BN3/c1-7-17(22-15(4)20)10-8-9-16(13-14(2)3)11-12-18(19-5)21-6/h7-9,16,18-19,21H,2,10-13H2,1,3-6H3,(H2,20,22)/b9-8+,17-7-. The molecule has 0 spiro atoms. The molecule has 3 N–H and O–H groups in total. The van der Waals surface area contributed by atoms with Gasteiger partial charge in [-0.3, -0.25) is 0 Å². The molecule has 124 valence electrons. The van der Waals surface area contributed by atoms with Crippen molar-refractivity contribution in [1.82, 2.24) is 5.32 Å². The molecule has 0 aliphatic rings. The second-order valence-electron chi connectivity index (χ2n) is 6.06. The Morgan fingerprint density at radius 1 is 1.36 bits per heavy atom. The fraction of sp³-hybridized carbons (Fsp3) is 0.611. The van der Waals surface area contributed by atoms with Crippen LogP contribution in [0.3, 0.4) is 0 Å². The maximum atomic E-state index is 5.64. The first-order chi connectivity index (χ1) is 10.4. The summed E-state index contributed by atoms with van der Waals surface area (Å²) in [5.41, 5.74) is 7.91. The molecule has 3 nitrogen and oxygen atoms in total. The molecule has 0 aromatic heterocycles. The molecular formula is C18H34BN3. The number of nitrogens with two attached hydrogens (primary N) is 1. The van der Waals surface area contributed by atoms with E-state index in [0.717, 1.165) is 18.5 Å². The summed E-state index contributed by atoms with van der Waals surface area (Å²) in [6.45, 7) is 12.2. The molecule has 0 amide bonds. The average Bonchev–Trinajstić information content (AvgIpc) is 2.45. The van der Waals surface area contributed by atoms with Crippen LogP contribution < -0.4 is 11.1 Å². The molecule has 2 atom stereocenters. The monoisotopic (exact) mass is 303 g/mol. The van der Waals surface area contributed by atoms with E-state index < -0.39 is 0 Å². The molecule has 0 fully saturated rings. The normalized spacial score (nSPS) is 15.9. The van der Waals surface area contributed by atoms with Crippen molar-refractivity contribution < 1.29 is 0 Å². The van der Waals surface area contributed by atoms with Gasteiger partial charge in [0.2, 0.25) is 0 Å². The van der Waals surface area contributed by atoms with Gasteiger partial charge in [-0.1, -0.05) is 30.6 Å². The molecule has 0 rings (SSSR count). The SMILES string of the molecule is C=C(C)CC(/C=C/CC(=C/C)/N=C(\C)N)CCC(BC)NC. The first-order valence-corrected chi connectivity index (χ1v) is 8.37. The van der Waals surface area contributed by atoms with E-state index in [0.29, 0.717) is 17.7 Å². The first-order valence-electron chi connectivity index (χ1n) is 8.37. The summed E-state index contributed by atoms with van der Waals surface area (Å²) in [7, 11) is 3.22. The van der Waals surface area contributed by atoms with Crippen LogP contribution in [0.4, 0.5) is 0 Å². The summed E-state index contributed by atoms with van der Waals surface area (Å²) in [6.07, 6.45) is 10.8. The van der Waals surface area contributed by atoms with Crippen molar-refractivity contribution in [2.75, 3.05) is 7.05 Å². The van der Waals surface area contributed by atoms with E-state index in [1.807, 2.05) is 27.0 Å². The molecular weight excluding hydrogens is 269 g/mol. The van der Waals surface area contributed by atoms with Gasteiger partial charge in [-0.25, -0.2) is 4.99 Å². The zero-order valence-corrected chi connectivity index (χ0v) is 15.2. The van der Waals surface area contributed by atoms with E-state index in [1.54, 1.807) is 0 Å². The lowest BCUT2D eigenvalue weighted by Gasteiger charge is -2.18. The quantitative estimate of drug-likeness (QED) is 0.265. The third-order valence-electron chi connectivity index (χ3n) is 3.79. The minimum atomic E-state index is 0.556. The topological polar surface area (TPSA) is 50.4 Å². The van der Waals surface area contributed by atoms with E-state index in [9.17, 15) is 0 Å². The highest BCUT2D eigenvalue weighted by atomic mass is 14.8. The minimum absolute atomic E-state index is 0.556. The van der Waals surface area contributed by atoms with Crippen LogP contribution in [0.1, 0.15) is 46.5 Å². The summed E-state index contributed by atoms with van der Waals surface area (Å²) in [4.78, 5) is 4.33. The third-order valence-corrected chi connectivity index (χ3v) is 3.79. The Hall–Kier alpha value is -1.29. The highest BCUT2D eigenvalue weighted by molar-refractivity contribution is 6.35. The fourth-order valence-electron chi connectivity index (χ4n) is 2.52. The summed E-state index contributed by atoms with van der Waals surface area (Å²) in [5.74, 6) is 1.78. The molecule has 0 saturated carbocycles. The lowest BCUT2D eigenvalue weighted by Crippen LogP contribution is -2.30. The van der Waals surface area contributed by atoms with Crippen molar-refractivity contribution in [3.63, 3.8) is 0 Å². The second-order valence-corrected chi connectivity index (χ2v) is 6.06. The highest BCUT2D eigenvalue weighted by Crippen LogP contribution is 2.19. The molecule has 0 saturated heterocycles. The van der Waals surface area contributed by atoms with Gasteiger partial charge in [-0.05, 0) is 58.9 Å². The van der Waals surface area contributed by atoms with Crippen molar-refractivity contribution in [1.29, 1.82) is 0 Å². The van der Waals surface area contributed by atoms with Gasteiger partial charge in [0.1, 0.15) is 7.28 Å². The van der Waals surface area contributed by atoms with Gasteiger partial charge < -0.3 is 11.1 Å². The summed E-state index contributed by atoms with van der Waals surface area (Å²) in [6, 6.07) is 0. The molecule has 4 heteroatoms. The van der Waals surface area contributed by atoms with Gasteiger partial charge in [0.25, 0.3) is 0 Å². The molecule has 0 radical (unpaired) electrons. The fourth-order valence-corrected chi connectivity index (χ4v) is 2.52. The van der Waals surface area contributed by atoms with Crippen LogP contribution in [0, 0.1) is 5.92 Å². The molecule has 0 aromatic carbocycles. The van der Waals surface area contributed by atoms with Gasteiger partial charge >= 0.3 is 0 Å². The number of nitrogens with one attached hydrogen (secondary N) is 1. The predicted octanol–water partition coefficient (Wildman–Crippen LogP) is 3.61. The van der Waals surface area contributed by atoms with E-state index in [-0.39, 0.29) is 0 Å². The Morgan fingerprint density at radius 3 is 2.50 bits per heavy atom. The molecule has 2 unspecified atom stereocenters. The first kappa shape index (κ1) is 20.7. The number of hydrogen-bond donors (Lipinski definition) is 2. The zero-order chi connectivity index (χ0) is 17.0. The average molecular weight is 303 g/mol. The summed E-state index contributed by atoms with van der Waals surface area (Å²) in [5, 5.41) is 3.38. The van der Waals surface area contributed by atoms with E-state index >= 15 is 0 Å². The van der Waals surface area contributed by atoms with Crippen molar-refractivity contribution in [3.8, 4) is 0 Å². The zero-order valence-electron chi connectivity index (χ0n) is 15.2. The van der Waals surface area contributed by atoms with Crippen LogP contribution in [-0.4, -0.2) is 26.1 Å². The Bertz CT molecular complexity index is 403. The van der Waals surface area contributed by atoms with Gasteiger partial charge in [0.15, 0.2) is 0 Å².